The van der Waals surface area contributed by atoms with Gasteiger partial charge in [-0.3, -0.25) is 0 Å². The van der Waals surface area contributed by atoms with Gasteiger partial charge in [-0.05, 0) is 34.0 Å². The molecule has 1 heterocycles. The molecule has 1 N–H and O–H groups in total. The molecule has 0 amide bonds. The van der Waals surface area contributed by atoms with E-state index in [1.54, 1.807) is 0 Å². The molecule has 92 valence electrons. The molecular formula is C11H22N4S. The minimum Gasteiger partial charge on any atom is -0.308 e. The van der Waals surface area contributed by atoms with Crippen LogP contribution in [0, 0.1) is 0 Å². The minimum absolute atomic E-state index is 0.0101. The zero-order valence-corrected chi connectivity index (χ0v) is 11.6. The van der Waals surface area contributed by atoms with Gasteiger partial charge in [-0.1, -0.05) is 5.21 Å². The first-order valence-corrected chi connectivity index (χ1v) is 6.97. The van der Waals surface area contributed by atoms with E-state index in [4.69, 9.17) is 0 Å². The summed E-state index contributed by atoms with van der Waals surface area (Å²) in [5, 5.41) is 11.7. The molecule has 0 saturated carbocycles. The topological polar surface area (TPSA) is 42.7 Å². The second kappa shape index (κ2) is 5.68. The highest BCUT2D eigenvalue weighted by Crippen LogP contribution is 2.11. The first-order valence-electron chi connectivity index (χ1n) is 5.57. The zero-order valence-electron chi connectivity index (χ0n) is 10.8. The monoisotopic (exact) mass is 242 g/mol. The van der Waals surface area contributed by atoms with Crippen molar-refractivity contribution in [2.75, 3.05) is 12.0 Å². The maximum atomic E-state index is 4.16. The van der Waals surface area contributed by atoms with Crippen molar-refractivity contribution in [3.05, 3.63) is 11.9 Å². The van der Waals surface area contributed by atoms with Crippen LogP contribution >= 0.6 is 11.8 Å². The lowest BCUT2D eigenvalue weighted by atomic mass is 10.1. The molecule has 1 unspecified atom stereocenters. The van der Waals surface area contributed by atoms with E-state index in [0.717, 1.165) is 18.0 Å². The fourth-order valence-corrected chi connectivity index (χ4v) is 1.91. The second-order valence-electron chi connectivity index (χ2n) is 5.06. The highest BCUT2D eigenvalue weighted by molar-refractivity contribution is 7.98. The summed E-state index contributed by atoms with van der Waals surface area (Å²) in [4.78, 5) is 0. The standard InChI is InChI=1S/C11H22N4S/c1-9(8-16-5)12-6-10-7-15(14-13-10)11(2,3)4/h7,9,12H,6,8H2,1-5H3. The van der Waals surface area contributed by atoms with Gasteiger partial charge in [-0.2, -0.15) is 11.8 Å². The summed E-state index contributed by atoms with van der Waals surface area (Å²) < 4.78 is 1.91. The molecule has 1 aromatic rings. The summed E-state index contributed by atoms with van der Waals surface area (Å²) in [5.41, 5.74) is 1.01. The van der Waals surface area contributed by atoms with Crippen molar-refractivity contribution in [1.29, 1.82) is 0 Å². The molecule has 0 aliphatic carbocycles. The highest BCUT2D eigenvalue weighted by Gasteiger charge is 2.14. The summed E-state index contributed by atoms with van der Waals surface area (Å²) in [5.74, 6) is 1.12. The van der Waals surface area contributed by atoms with Crippen LogP contribution in [0.15, 0.2) is 6.20 Å². The number of hydrogen-bond donors (Lipinski definition) is 1. The number of aromatic nitrogens is 3. The molecule has 5 heteroatoms. The van der Waals surface area contributed by atoms with E-state index < -0.39 is 0 Å². The van der Waals surface area contributed by atoms with Crippen LogP contribution in [0.1, 0.15) is 33.4 Å². The SMILES string of the molecule is CSCC(C)NCc1cn(C(C)(C)C)nn1. The Labute approximate surface area is 102 Å². The Hall–Kier alpha value is -0.550. The Kier molecular flexibility index (Phi) is 4.80. The van der Waals surface area contributed by atoms with Gasteiger partial charge in [0.2, 0.25) is 0 Å². The maximum Gasteiger partial charge on any atom is 0.0965 e. The van der Waals surface area contributed by atoms with Crippen LogP contribution < -0.4 is 5.32 Å². The van der Waals surface area contributed by atoms with E-state index in [2.05, 4.69) is 49.6 Å². The van der Waals surface area contributed by atoms with E-state index in [-0.39, 0.29) is 5.54 Å². The van der Waals surface area contributed by atoms with Crippen LogP contribution in [0.25, 0.3) is 0 Å². The van der Waals surface area contributed by atoms with E-state index in [0.29, 0.717) is 6.04 Å². The minimum atomic E-state index is 0.0101. The number of nitrogens with one attached hydrogen (secondary N) is 1. The highest BCUT2D eigenvalue weighted by atomic mass is 32.2. The molecule has 16 heavy (non-hydrogen) atoms. The van der Waals surface area contributed by atoms with Gasteiger partial charge in [0, 0.05) is 18.3 Å². The van der Waals surface area contributed by atoms with Gasteiger partial charge >= 0.3 is 0 Å². The van der Waals surface area contributed by atoms with Crippen LogP contribution in [0.5, 0.6) is 0 Å². The van der Waals surface area contributed by atoms with Gasteiger partial charge in [0.15, 0.2) is 0 Å². The quantitative estimate of drug-likeness (QED) is 0.856. The Bertz CT molecular complexity index is 316. The Morgan fingerprint density at radius 3 is 2.69 bits per heavy atom. The van der Waals surface area contributed by atoms with E-state index in [1.165, 1.54) is 0 Å². The molecular weight excluding hydrogens is 220 g/mol. The number of thioether (sulfide) groups is 1. The lowest BCUT2D eigenvalue weighted by Gasteiger charge is -2.17. The van der Waals surface area contributed by atoms with E-state index in [1.807, 2.05) is 22.6 Å². The molecule has 0 saturated heterocycles. The number of rotatable bonds is 5. The summed E-state index contributed by atoms with van der Waals surface area (Å²) in [7, 11) is 0. The van der Waals surface area contributed by atoms with Crippen LogP contribution in [0.4, 0.5) is 0 Å². The summed E-state index contributed by atoms with van der Waals surface area (Å²) >= 11 is 1.85. The number of hydrogen-bond acceptors (Lipinski definition) is 4. The molecule has 0 aliphatic rings. The van der Waals surface area contributed by atoms with Crippen molar-refractivity contribution < 1.29 is 0 Å². The molecule has 4 nitrogen and oxygen atoms in total. The Morgan fingerprint density at radius 1 is 1.50 bits per heavy atom. The third-order valence-corrected chi connectivity index (χ3v) is 3.11. The first kappa shape index (κ1) is 13.5. The predicted molar refractivity (Wildman–Crippen MR) is 69.7 cm³/mol. The lowest BCUT2D eigenvalue weighted by molar-refractivity contribution is 0.347. The number of nitrogens with zero attached hydrogens (tertiary/aromatic N) is 3. The molecule has 1 aromatic heterocycles. The molecule has 0 radical (unpaired) electrons. The smallest absolute Gasteiger partial charge is 0.0965 e. The average Bonchev–Trinajstić information content (AvgIpc) is 2.63. The maximum absolute atomic E-state index is 4.16. The molecule has 0 bridgehead atoms. The molecule has 0 fully saturated rings. The molecule has 0 spiro atoms. The van der Waals surface area contributed by atoms with Crippen molar-refractivity contribution in [3.63, 3.8) is 0 Å². The van der Waals surface area contributed by atoms with Gasteiger partial charge < -0.3 is 5.32 Å². The normalized spacial score (nSPS) is 14.1. The van der Waals surface area contributed by atoms with Gasteiger partial charge in [0.05, 0.1) is 17.4 Å². The zero-order chi connectivity index (χ0) is 12.2. The predicted octanol–water partition coefficient (Wildman–Crippen LogP) is 1.87. The fourth-order valence-electron chi connectivity index (χ4n) is 1.29. The summed E-state index contributed by atoms with van der Waals surface area (Å²) in [6, 6.07) is 0.509. The average molecular weight is 242 g/mol. The molecule has 0 aromatic carbocycles. The van der Waals surface area contributed by atoms with E-state index in [9.17, 15) is 0 Å². The summed E-state index contributed by atoms with van der Waals surface area (Å²) in [6.07, 6.45) is 4.13. The van der Waals surface area contributed by atoms with Crippen molar-refractivity contribution in [1.82, 2.24) is 20.3 Å². The van der Waals surface area contributed by atoms with Crippen LogP contribution in [-0.2, 0) is 12.1 Å². The van der Waals surface area contributed by atoms with Gasteiger partial charge in [-0.25, -0.2) is 4.68 Å². The van der Waals surface area contributed by atoms with Gasteiger partial charge in [-0.15, -0.1) is 5.10 Å². The van der Waals surface area contributed by atoms with Crippen LogP contribution in [-0.4, -0.2) is 33.0 Å². The van der Waals surface area contributed by atoms with Crippen LogP contribution in [0.3, 0.4) is 0 Å². The van der Waals surface area contributed by atoms with Gasteiger partial charge in [0.25, 0.3) is 0 Å². The summed E-state index contributed by atoms with van der Waals surface area (Å²) in [6.45, 7) is 9.34. The van der Waals surface area contributed by atoms with Crippen molar-refractivity contribution in [3.8, 4) is 0 Å². The van der Waals surface area contributed by atoms with Crippen molar-refractivity contribution >= 4 is 11.8 Å². The molecule has 1 atom stereocenters. The third-order valence-electron chi connectivity index (χ3n) is 2.28. The Morgan fingerprint density at radius 2 is 2.19 bits per heavy atom. The molecule has 0 aliphatic heterocycles. The second-order valence-corrected chi connectivity index (χ2v) is 5.97. The largest absolute Gasteiger partial charge is 0.308 e. The fraction of sp³-hybridized carbons (Fsp3) is 0.818. The van der Waals surface area contributed by atoms with Crippen LogP contribution in [0.2, 0.25) is 0 Å². The van der Waals surface area contributed by atoms with E-state index >= 15 is 0 Å². The Balaban J connectivity index is 2.47. The molecule has 1 rings (SSSR count). The lowest BCUT2D eigenvalue weighted by Crippen LogP contribution is -2.27. The van der Waals surface area contributed by atoms with Gasteiger partial charge in [0.1, 0.15) is 0 Å². The first-order chi connectivity index (χ1) is 7.43. The third kappa shape index (κ3) is 4.14. The van der Waals surface area contributed by atoms with Crippen molar-refractivity contribution in [2.24, 2.45) is 0 Å². The van der Waals surface area contributed by atoms with Crippen molar-refractivity contribution in [2.45, 2.75) is 45.8 Å².